The third-order valence-electron chi connectivity index (χ3n) is 2.25. The van der Waals surface area contributed by atoms with Gasteiger partial charge in [-0.25, -0.2) is 4.98 Å². The molecule has 2 nitrogen and oxygen atoms in total. The first-order valence-electron chi connectivity index (χ1n) is 5.09. The monoisotopic (exact) mass is 218 g/mol. The van der Waals surface area contributed by atoms with Crippen LogP contribution in [0.25, 0.3) is 0 Å². The van der Waals surface area contributed by atoms with E-state index in [1.165, 1.54) is 15.4 Å². The predicted octanol–water partition coefficient (Wildman–Crippen LogP) is 3.25. The second kappa shape index (κ2) is 4.53. The van der Waals surface area contributed by atoms with Crippen LogP contribution >= 0.6 is 11.3 Å². The molecule has 0 radical (unpaired) electrons. The van der Waals surface area contributed by atoms with Gasteiger partial charge in [0.2, 0.25) is 0 Å². The molecule has 0 saturated carbocycles. The maximum absolute atomic E-state index is 4.43. The Morgan fingerprint density at radius 3 is 2.60 bits per heavy atom. The van der Waals surface area contributed by atoms with E-state index < -0.39 is 0 Å². The lowest BCUT2D eigenvalue weighted by atomic mass is 10.2. The van der Waals surface area contributed by atoms with Crippen molar-refractivity contribution in [1.29, 1.82) is 0 Å². The van der Waals surface area contributed by atoms with Crippen molar-refractivity contribution in [3.8, 4) is 0 Å². The van der Waals surface area contributed by atoms with E-state index in [-0.39, 0.29) is 0 Å². The van der Waals surface area contributed by atoms with E-state index in [1.807, 2.05) is 30.7 Å². The van der Waals surface area contributed by atoms with Crippen LogP contribution < -0.4 is 0 Å². The summed E-state index contributed by atoms with van der Waals surface area (Å²) < 4.78 is 0. The number of hydrogen-bond acceptors (Lipinski definition) is 3. The average molecular weight is 218 g/mol. The summed E-state index contributed by atoms with van der Waals surface area (Å²) in [6.45, 7) is 4.40. The van der Waals surface area contributed by atoms with Crippen molar-refractivity contribution in [3.05, 3.63) is 46.2 Å². The van der Waals surface area contributed by atoms with E-state index in [2.05, 4.69) is 23.8 Å². The minimum Gasteiger partial charge on any atom is -0.265 e. The van der Waals surface area contributed by atoms with Gasteiger partial charge in [0.05, 0.1) is 5.01 Å². The number of nitrogens with zero attached hydrogens (tertiary/aromatic N) is 2. The molecule has 0 fully saturated rings. The van der Waals surface area contributed by atoms with Crippen LogP contribution in [0.15, 0.2) is 30.7 Å². The van der Waals surface area contributed by atoms with Gasteiger partial charge in [-0.2, -0.15) is 0 Å². The highest BCUT2D eigenvalue weighted by Gasteiger charge is 2.05. The predicted molar refractivity (Wildman–Crippen MR) is 63.2 cm³/mol. The molecule has 0 aliphatic heterocycles. The van der Waals surface area contributed by atoms with E-state index in [9.17, 15) is 0 Å². The van der Waals surface area contributed by atoms with Crippen LogP contribution in [0.1, 0.15) is 35.2 Å². The lowest BCUT2D eigenvalue weighted by molar-refractivity contribution is 0.885. The Hall–Kier alpha value is -1.22. The Morgan fingerprint density at radius 2 is 2.00 bits per heavy atom. The largest absolute Gasteiger partial charge is 0.265 e. The van der Waals surface area contributed by atoms with Crippen molar-refractivity contribution in [2.75, 3.05) is 0 Å². The second-order valence-corrected chi connectivity index (χ2v) is 4.99. The lowest BCUT2D eigenvalue weighted by Crippen LogP contribution is -1.85. The first kappa shape index (κ1) is 10.3. The van der Waals surface area contributed by atoms with Gasteiger partial charge in [-0.05, 0) is 23.6 Å². The van der Waals surface area contributed by atoms with Gasteiger partial charge in [-0.1, -0.05) is 13.8 Å². The molecule has 2 rings (SSSR count). The van der Waals surface area contributed by atoms with Crippen molar-refractivity contribution in [3.63, 3.8) is 0 Å². The van der Waals surface area contributed by atoms with Crippen molar-refractivity contribution in [2.45, 2.75) is 26.2 Å². The molecule has 0 aliphatic carbocycles. The molecule has 0 bridgehead atoms. The summed E-state index contributed by atoms with van der Waals surface area (Å²) in [7, 11) is 0. The van der Waals surface area contributed by atoms with Gasteiger partial charge in [0.1, 0.15) is 0 Å². The number of hydrogen-bond donors (Lipinski definition) is 0. The Balaban J connectivity index is 2.12. The maximum Gasteiger partial charge on any atom is 0.0971 e. The Kier molecular flexibility index (Phi) is 3.11. The van der Waals surface area contributed by atoms with Crippen LogP contribution in [0.5, 0.6) is 0 Å². The molecule has 0 saturated heterocycles. The smallest absolute Gasteiger partial charge is 0.0971 e. The first-order chi connectivity index (χ1) is 7.25. The number of thiazole rings is 1. The van der Waals surface area contributed by atoms with Crippen molar-refractivity contribution >= 4 is 11.3 Å². The summed E-state index contributed by atoms with van der Waals surface area (Å²) in [4.78, 5) is 9.79. The van der Waals surface area contributed by atoms with Crippen molar-refractivity contribution in [2.24, 2.45) is 0 Å². The normalized spacial score (nSPS) is 10.9. The molecule has 15 heavy (non-hydrogen) atoms. The van der Waals surface area contributed by atoms with Gasteiger partial charge in [0.15, 0.2) is 0 Å². The average Bonchev–Trinajstić information content (AvgIpc) is 2.68. The molecule has 0 spiro atoms. The number of aromatic nitrogens is 2. The van der Waals surface area contributed by atoms with Gasteiger partial charge < -0.3 is 0 Å². The fourth-order valence-corrected chi connectivity index (χ4v) is 2.31. The SMILES string of the molecule is CC(C)c1cnc(Cc2ccncc2)s1. The van der Waals surface area contributed by atoms with Gasteiger partial charge in [0, 0.05) is 29.9 Å². The molecule has 2 heterocycles. The molecule has 0 unspecified atom stereocenters. The van der Waals surface area contributed by atoms with E-state index >= 15 is 0 Å². The summed E-state index contributed by atoms with van der Waals surface area (Å²) in [6.07, 6.45) is 6.56. The second-order valence-electron chi connectivity index (χ2n) is 3.84. The highest BCUT2D eigenvalue weighted by Crippen LogP contribution is 2.23. The third kappa shape index (κ3) is 2.63. The van der Waals surface area contributed by atoms with Crippen LogP contribution in [-0.2, 0) is 6.42 Å². The molecule has 3 heteroatoms. The Bertz CT molecular complexity index is 420. The quantitative estimate of drug-likeness (QED) is 0.790. The van der Waals surface area contributed by atoms with Gasteiger partial charge >= 0.3 is 0 Å². The van der Waals surface area contributed by atoms with E-state index in [0.29, 0.717) is 5.92 Å². The molecule has 0 aromatic carbocycles. The molecular formula is C12H14N2S. The number of rotatable bonds is 3. The van der Waals surface area contributed by atoms with Crippen LogP contribution in [0.4, 0.5) is 0 Å². The zero-order valence-corrected chi connectivity index (χ0v) is 9.79. The zero-order chi connectivity index (χ0) is 10.7. The highest BCUT2D eigenvalue weighted by molar-refractivity contribution is 7.11. The molecule has 78 valence electrons. The minimum absolute atomic E-state index is 0.577. The summed E-state index contributed by atoms with van der Waals surface area (Å²) in [5.74, 6) is 0.577. The maximum atomic E-state index is 4.43. The first-order valence-corrected chi connectivity index (χ1v) is 5.91. The molecule has 2 aromatic rings. The Morgan fingerprint density at radius 1 is 1.27 bits per heavy atom. The number of pyridine rings is 1. The topological polar surface area (TPSA) is 25.8 Å². The summed E-state index contributed by atoms with van der Waals surface area (Å²) >= 11 is 1.80. The van der Waals surface area contributed by atoms with E-state index in [4.69, 9.17) is 0 Å². The molecule has 0 aliphatic rings. The summed E-state index contributed by atoms with van der Waals surface area (Å²) in [5.41, 5.74) is 1.27. The van der Waals surface area contributed by atoms with Crippen LogP contribution in [0.3, 0.4) is 0 Å². The zero-order valence-electron chi connectivity index (χ0n) is 8.97. The lowest BCUT2D eigenvalue weighted by Gasteiger charge is -1.97. The van der Waals surface area contributed by atoms with Crippen molar-refractivity contribution < 1.29 is 0 Å². The van der Waals surface area contributed by atoms with Gasteiger partial charge in [-0.15, -0.1) is 11.3 Å². The highest BCUT2D eigenvalue weighted by atomic mass is 32.1. The van der Waals surface area contributed by atoms with Crippen LogP contribution in [-0.4, -0.2) is 9.97 Å². The Labute approximate surface area is 94.0 Å². The molecule has 0 N–H and O–H groups in total. The van der Waals surface area contributed by atoms with E-state index in [1.54, 1.807) is 11.3 Å². The summed E-state index contributed by atoms with van der Waals surface area (Å²) in [6, 6.07) is 4.08. The molecule has 0 amide bonds. The molecular weight excluding hydrogens is 204 g/mol. The van der Waals surface area contributed by atoms with Gasteiger partial charge in [-0.3, -0.25) is 4.98 Å². The van der Waals surface area contributed by atoms with Crippen LogP contribution in [0, 0.1) is 0 Å². The minimum atomic E-state index is 0.577. The van der Waals surface area contributed by atoms with Crippen LogP contribution in [0.2, 0.25) is 0 Å². The third-order valence-corrected chi connectivity index (χ3v) is 3.54. The standard InChI is InChI=1S/C12H14N2S/c1-9(2)11-8-14-12(15-11)7-10-3-5-13-6-4-10/h3-6,8-9H,7H2,1-2H3. The summed E-state index contributed by atoms with van der Waals surface area (Å²) in [5, 5.41) is 1.19. The molecule has 0 atom stereocenters. The fraction of sp³-hybridized carbons (Fsp3) is 0.333. The molecule has 2 aromatic heterocycles. The fourth-order valence-electron chi connectivity index (χ4n) is 1.35. The van der Waals surface area contributed by atoms with Crippen molar-refractivity contribution in [1.82, 2.24) is 9.97 Å². The van der Waals surface area contributed by atoms with Gasteiger partial charge in [0.25, 0.3) is 0 Å². The van der Waals surface area contributed by atoms with E-state index in [0.717, 1.165) is 6.42 Å².